The van der Waals surface area contributed by atoms with E-state index in [9.17, 15) is 19.2 Å². The first-order chi connectivity index (χ1) is 39.5. The number of aromatic nitrogens is 4. The summed E-state index contributed by atoms with van der Waals surface area (Å²) in [6.07, 6.45) is 27.0. The summed E-state index contributed by atoms with van der Waals surface area (Å²) in [5, 5.41) is 5.71. The Balaban J connectivity index is 0.782. The van der Waals surface area contributed by atoms with Crippen molar-refractivity contribution in [1.82, 2.24) is 40.4 Å². The quantitative estimate of drug-likeness (QED) is 0.0744. The zero-order valence-electron chi connectivity index (χ0n) is 47.7. The van der Waals surface area contributed by atoms with Crippen molar-refractivity contribution in [2.24, 2.45) is 17.8 Å². The second-order valence-electron chi connectivity index (χ2n) is 23.5. The Kier molecular flexibility index (Phi) is 17.8. The summed E-state index contributed by atoms with van der Waals surface area (Å²) in [6, 6.07) is 23.5. The number of aryl methyl sites for hydroxylation is 1. The first kappa shape index (κ1) is 56.6. The van der Waals surface area contributed by atoms with Crippen LogP contribution in [0.15, 0.2) is 96.8 Å². The predicted molar refractivity (Wildman–Crippen MR) is 324 cm³/mol. The lowest BCUT2D eigenvalue weighted by Gasteiger charge is -2.36. The Morgan fingerprint density at radius 1 is 0.654 bits per heavy atom. The molecule has 7 aliphatic carbocycles. The fourth-order valence-corrected chi connectivity index (χ4v) is 15.5. The Labute approximate surface area is 486 Å². The molecule has 10 atom stereocenters. The third kappa shape index (κ3) is 12.1. The molecular weight excluding hydrogens is 1050 g/mol. The number of amides is 4. The summed E-state index contributed by atoms with van der Waals surface area (Å²) >= 11 is 3.33. The maximum Gasteiger partial charge on any atom is 0.407 e. The summed E-state index contributed by atoms with van der Waals surface area (Å²) in [7, 11) is 2.68. The van der Waals surface area contributed by atoms with E-state index in [1.165, 1.54) is 66.0 Å². The number of likely N-dealkylation sites (tertiary alicyclic amines) is 2. The molecule has 4 amide bonds. The molecule has 0 unspecified atom stereocenters. The molecule has 428 valence electrons. The van der Waals surface area contributed by atoms with Crippen LogP contribution in [0, 0.1) is 17.8 Å². The van der Waals surface area contributed by atoms with Crippen LogP contribution >= 0.6 is 23.5 Å². The molecular formula is C65H80N8O6S2. The molecule has 4 fully saturated rings. The van der Waals surface area contributed by atoms with Gasteiger partial charge in [0.05, 0.1) is 50.1 Å². The van der Waals surface area contributed by atoms with Gasteiger partial charge in [-0.15, -0.1) is 0 Å². The lowest BCUT2D eigenvalue weighted by Crippen LogP contribution is -2.52. The monoisotopic (exact) mass is 1130 g/mol. The topological polar surface area (TPSA) is 175 Å². The number of fused-ring (bicyclic) bond motifs is 2. The summed E-state index contributed by atoms with van der Waals surface area (Å²) in [5.74, 6) is 4.53. The van der Waals surface area contributed by atoms with E-state index in [1.54, 1.807) is 23.5 Å². The standard InChI is InChI=1S/C65H80N8O6S2/c1-39-32-47-17-15-40(33-50(47)42-18-23-44(24-19-42)54-37-66-60(68-54)58-35-48-10-6-8-12-56(48)72(58)62(74)52(28-30-80-4)70-64(76)78-2)14-16-41-22-27-46(39)34-51(41)43-20-25-45(26-21-43)55-38-67-61(69-55)59-36-49-11-7-9-13-57(49)73(59)63(75)53(29-31-81-5)71-65(77)79-3/h15,18-27,33-34,37-39,47-49,52-53,56-59H,6-14,16-17,28-32,35-36H2,1-5H3,(H,66,68)(H,67,69)(H,70,76)(H,71,77)/t39-,47-,48+,49+,52+,53+,56+,57+,58+,59+/m1/s1. The van der Waals surface area contributed by atoms with E-state index in [4.69, 9.17) is 19.4 Å². The number of allylic oxidation sites excluding steroid dienone is 4. The molecule has 4 bridgehead atoms. The highest BCUT2D eigenvalue weighted by Crippen LogP contribution is 2.49. The van der Waals surface area contributed by atoms with E-state index in [0.29, 0.717) is 36.5 Å². The van der Waals surface area contributed by atoms with Crippen LogP contribution in [-0.2, 0) is 25.5 Å². The second kappa shape index (κ2) is 25.5. The van der Waals surface area contributed by atoms with E-state index >= 15 is 0 Å². The van der Waals surface area contributed by atoms with Crippen molar-refractivity contribution in [3.8, 4) is 33.6 Å². The molecule has 2 saturated carbocycles. The predicted octanol–water partition coefficient (Wildman–Crippen LogP) is 13.2. The van der Waals surface area contributed by atoms with Gasteiger partial charge >= 0.3 is 12.2 Å². The smallest absolute Gasteiger partial charge is 0.407 e. The van der Waals surface area contributed by atoms with Crippen LogP contribution in [0.4, 0.5) is 9.59 Å². The lowest BCUT2D eigenvalue weighted by molar-refractivity contribution is -0.138. The van der Waals surface area contributed by atoms with E-state index in [2.05, 4.69) is 116 Å². The number of H-pyrrole nitrogens is 2. The molecule has 0 spiro atoms. The summed E-state index contributed by atoms with van der Waals surface area (Å²) in [6.45, 7) is 2.38. The SMILES string of the molecule is COC(=O)N[C@@H](CCSC)C(=O)N1[C@H](c2ncc(-c3ccc(C4=CC5=CC[C@@H]4C[C@@H](C)c4ccc(c(-c6ccc(-c7cnc([C@@H]8C[C@@H]9CCCC[C@@H]9N8C(=O)[C@H](CCSC)NC(=O)OC)[nH]7)cc6)c4)CC5)cc3)[nH]2)C[C@@H]2CCCC[C@@H]21. The molecule has 14 rings (SSSR count). The van der Waals surface area contributed by atoms with Crippen molar-refractivity contribution >= 4 is 53.1 Å². The van der Waals surface area contributed by atoms with Crippen LogP contribution in [-0.4, -0.2) is 116 Å². The number of rotatable bonds is 16. The average molecular weight is 1130 g/mol. The third-order valence-electron chi connectivity index (χ3n) is 18.8. The van der Waals surface area contributed by atoms with Crippen LogP contribution in [0.2, 0.25) is 0 Å². The van der Waals surface area contributed by atoms with Crippen molar-refractivity contribution in [1.29, 1.82) is 0 Å². The largest absolute Gasteiger partial charge is 0.453 e. The van der Waals surface area contributed by atoms with Crippen molar-refractivity contribution in [2.75, 3.05) is 38.2 Å². The fourth-order valence-electron chi connectivity index (χ4n) is 14.5. The highest BCUT2D eigenvalue weighted by atomic mass is 32.2. The van der Waals surface area contributed by atoms with Gasteiger partial charge in [0.15, 0.2) is 0 Å². The van der Waals surface area contributed by atoms with Gasteiger partial charge in [-0.1, -0.05) is 117 Å². The Morgan fingerprint density at radius 2 is 1.16 bits per heavy atom. The fraction of sp³-hybridized carbons (Fsp3) is 0.508. The molecule has 2 saturated heterocycles. The maximum atomic E-state index is 14.5. The number of carbonyl (C=O) groups excluding carboxylic acids is 4. The normalized spacial score (nSPS) is 24.9. The molecule has 5 aromatic rings. The number of imidazole rings is 2. The number of methoxy groups -OCH3 is 2. The van der Waals surface area contributed by atoms with Crippen LogP contribution in [0.25, 0.3) is 39.2 Å². The second-order valence-corrected chi connectivity index (χ2v) is 25.5. The van der Waals surface area contributed by atoms with Crippen molar-refractivity contribution < 1.29 is 28.7 Å². The van der Waals surface area contributed by atoms with Crippen LogP contribution in [0.5, 0.6) is 0 Å². The van der Waals surface area contributed by atoms with Crippen LogP contribution in [0.3, 0.4) is 0 Å². The van der Waals surface area contributed by atoms with Gasteiger partial charge in [-0.05, 0) is 169 Å². The van der Waals surface area contributed by atoms with E-state index < -0.39 is 24.3 Å². The molecule has 14 nitrogen and oxygen atoms in total. The Bertz CT molecular complexity index is 3120. The summed E-state index contributed by atoms with van der Waals surface area (Å²) in [4.78, 5) is 75.1. The number of hydrogen-bond donors (Lipinski definition) is 4. The maximum absolute atomic E-state index is 14.5. The number of aromatic amines is 2. The molecule has 0 radical (unpaired) electrons. The van der Waals surface area contributed by atoms with Gasteiger partial charge in [0.25, 0.3) is 0 Å². The minimum absolute atomic E-state index is 0.0460. The number of hydrogen-bond acceptors (Lipinski definition) is 10. The molecule has 3 aromatic carbocycles. The van der Waals surface area contributed by atoms with Crippen molar-refractivity contribution in [3.05, 3.63) is 125 Å². The summed E-state index contributed by atoms with van der Waals surface area (Å²) < 4.78 is 9.89. The van der Waals surface area contributed by atoms with Gasteiger partial charge in [-0.2, -0.15) is 23.5 Å². The number of carbonyl (C=O) groups is 4. The molecule has 9 aliphatic rings. The van der Waals surface area contributed by atoms with Crippen LogP contribution < -0.4 is 10.6 Å². The lowest BCUT2D eigenvalue weighted by atomic mass is 9.76. The molecule has 2 aromatic heterocycles. The molecule has 4 N–H and O–H groups in total. The van der Waals surface area contributed by atoms with E-state index in [-0.39, 0.29) is 36.0 Å². The zero-order chi connectivity index (χ0) is 56.1. The number of thioether (sulfide) groups is 2. The minimum atomic E-state index is -0.657. The molecule has 16 heteroatoms. The molecule has 4 heterocycles. The van der Waals surface area contributed by atoms with E-state index in [1.807, 2.05) is 24.9 Å². The van der Waals surface area contributed by atoms with Gasteiger partial charge in [0, 0.05) is 12.1 Å². The molecule has 2 aliphatic heterocycles. The van der Waals surface area contributed by atoms with E-state index in [0.717, 1.165) is 123 Å². The number of nitrogens with one attached hydrogen (secondary N) is 4. The average Bonchev–Trinajstić information content (AvgIpc) is 4.35. The first-order valence-electron chi connectivity index (χ1n) is 29.7. The van der Waals surface area contributed by atoms with Crippen LogP contribution in [0.1, 0.15) is 150 Å². The summed E-state index contributed by atoms with van der Waals surface area (Å²) in [5.41, 5.74) is 13.2. The Morgan fingerprint density at radius 3 is 1.68 bits per heavy atom. The van der Waals surface area contributed by atoms with Crippen molar-refractivity contribution in [2.45, 2.75) is 152 Å². The van der Waals surface area contributed by atoms with Gasteiger partial charge in [0.1, 0.15) is 23.7 Å². The molecule has 81 heavy (non-hydrogen) atoms. The van der Waals surface area contributed by atoms with Crippen molar-refractivity contribution in [3.63, 3.8) is 0 Å². The number of benzene rings is 3. The van der Waals surface area contributed by atoms with Gasteiger partial charge < -0.3 is 39.9 Å². The van der Waals surface area contributed by atoms with Gasteiger partial charge in [-0.3, -0.25) is 9.59 Å². The number of ether oxygens (including phenoxy) is 2. The zero-order valence-corrected chi connectivity index (χ0v) is 49.3. The Hall–Kier alpha value is -6.26. The minimum Gasteiger partial charge on any atom is -0.453 e. The third-order valence-corrected chi connectivity index (χ3v) is 20.1. The number of alkyl carbamates (subject to hydrolysis) is 2. The highest BCUT2D eigenvalue weighted by molar-refractivity contribution is 7.98. The first-order valence-corrected chi connectivity index (χ1v) is 32.5. The number of nitrogens with zero attached hydrogens (tertiary/aromatic N) is 4. The van der Waals surface area contributed by atoms with Gasteiger partial charge in [-0.25, -0.2) is 19.6 Å². The van der Waals surface area contributed by atoms with Gasteiger partial charge in [0.2, 0.25) is 11.8 Å². The highest BCUT2D eigenvalue weighted by Gasteiger charge is 2.49.